The van der Waals surface area contributed by atoms with E-state index in [1.54, 1.807) is 0 Å². The highest BCUT2D eigenvalue weighted by molar-refractivity contribution is 6.19. The average molecular weight is 659 g/mol. The van der Waals surface area contributed by atoms with E-state index in [-0.39, 0.29) is 0 Å². The van der Waals surface area contributed by atoms with Crippen LogP contribution in [0.3, 0.4) is 0 Å². The minimum Gasteiger partial charge on any atom is -0.309 e. The number of benzene rings is 9. The Bertz CT molecular complexity index is 3270. The highest BCUT2D eigenvalue weighted by atomic mass is 15.0. The molecule has 240 valence electrons. The van der Waals surface area contributed by atoms with Crippen LogP contribution in [0.15, 0.2) is 182 Å². The Balaban J connectivity index is 1.06. The maximum absolute atomic E-state index is 2.47. The van der Waals surface area contributed by atoms with Crippen LogP contribution < -0.4 is 0 Å². The minimum atomic E-state index is 1.21. The van der Waals surface area contributed by atoms with Crippen molar-refractivity contribution >= 4 is 65.2 Å². The van der Waals surface area contributed by atoms with Crippen molar-refractivity contribution in [1.82, 2.24) is 9.13 Å². The van der Waals surface area contributed by atoms with E-state index < -0.39 is 0 Å². The third-order valence-corrected chi connectivity index (χ3v) is 11.5. The van der Waals surface area contributed by atoms with Gasteiger partial charge in [-0.05, 0) is 92.7 Å². The monoisotopic (exact) mass is 658 g/mol. The van der Waals surface area contributed by atoms with E-state index in [2.05, 4.69) is 191 Å². The molecule has 12 rings (SSSR count). The molecule has 1 aliphatic carbocycles. The number of hydrogen-bond acceptors (Lipinski definition) is 0. The summed E-state index contributed by atoms with van der Waals surface area (Å²) in [6.07, 6.45) is 0. The molecule has 2 heteroatoms. The van der Waals surface area contributed by atoms with Crippen LogP contribution in [0.2, 0.25) is 0 Å². The summed E-state index contributed by atoms with van der Waals surface area (Å²) < 4.78 is 4.91. The lowest BCUT2D eigenvalue weighted by atomic mass is 10.00. The fraction of sp³-hybridized carbons (Fsp3) is 0. The van der Waals surface area contributed by atoms with E-state index in [0.29, 0.717) is 0 Å². The van der Waals surface area contributed by atoms with Gasteiger partial charge >= 0.3 is 0 Å². The summed E-state index contributed by atoms with van der Waals surface area (Å²) in [5.41, 5.74) is 15.0. The van der Waals surface area contributed by atoms with Gasteiger partial charge in [-0.2, -0.15) is 0 Å². The molecule has 2 nitrogen and oxygen atoms in total. The van der Waals surface area contributed by atoms with Crippen LogP contribution in [0.1, 0.15) is 0 Å². The summed E-state index contributed by atoms with van der Waals surface area (Å²) in [4.78, 5) is 0. The third-order valence-electron chi connectivity index (χ3n) is 11.5. The second kappa shape index (κ2) is 10.3. The van der Waals surface area contributed by atoms with E-state index in [4.69, 9.17) is 0 Å². The lowest BCUT2D eigenvalue weighted by Crippen LogP contribution is -1.96. The molecular weight excluding hydrogens is 629 g/mol. The van der Waals surface area contributed by atoms with Crippen molar-refractivity contribution in [2.24, 2.45) is 0 Å². The second-order valence-electron chi connectivity index (χ2n) is 14.1. The number of rotatable bonds is 3. The SMILES string of the molecule is c1ccc2c(c1)-c1cccc3c(-n4c5ccccc5c5cc(-c6ccc7c(c6)c6ccccc6n7-c6cccc7ccccc67)ccc54)ccc-2c13. The molecule has 9 aromatic carbocycles. The van der Waals surface area contributed by atoms with Gasteiger partial charge in [0, 0.05) is 32.3 Å². The predicted molar refractivity (Wildman–Crippen MR) is 220 cm³/mol. The quantitative estimate of drug-likeness (QED) is 0.179. The lowest BCUT2D eigenvalue weighted by molar-refractivity contribution is 1.20. The molecule has 0 atom stereocenters. The molecular formula is C50H30N2. The standard InChI is InChI=1S/C50H30N2/c1-2-13-34-31(11-1)12-9-22-44(34)51-45-20-7-5-16-37(45)42-29-32(23-26-48(42)51)33-24-27-49-43(30-33)38-17-6-8-21-46(38)52(49)47-28-25-40-36-15-4-3-14-35(36)39-18-10-19-41(47)50(39)40/h1-30H. The van der Waals surface area contributed by atoms with Gasteiger partial charge in [0.15, 0.2) is 0 Å². The lowest BCUT2D eigenvalue weighted by Gasteiger charge is -2.13. The van der Waals surface area contributed by atoms with E-state index >= 15 is 0 Å². The van der Waals surface area contributed by atoms with E-state index in [0.717, 1.165) is 0 Å². The first kappa shape index (κ1) is 27.9. The van der Waals surface area contributed by atoms with Crippen molar-refractivity contribution in [3.05, 3.63) is 182 Å². The van der Waals surface area contributed by atoms with Gasteiger partial charge in [0.2, 0.25) is 0 Å². The van der Waals surface area contributed by atoms with E-state index in [1.165, 1.54) is 110 Å². The van der Waals surface area contributed by atoms with Crippen molar-refractivity contribution < 1.29 is 0 Å². The first-order valence-electron chi connectivity index (χ1n) is 18.0. The Morgan fingerprint density at radius 3 is 1.40 bits per heavy atom. The Morgan fingerprint density at radius 2 is 0.731 bits per heavy atom. The van der Waals surface area contributed by atoms with Gasteiger partial charge in [0.25, 0.3) is 0 Å². The molecule has 1 aliphatic rings. The van der Waals surface area contributed by atoms with Crippen molar-refractivity contribution in [1.29, 1.82) is 0 Å². The normalized spacial score (nSPS) is 12.2. The van der Waals surface area contributed by atoms with Crippen LogP contribution in [0.5, 0.6) is 0 Å². The molecule has 2 heterocycles. The smallest absolute Gasteiger partial charge is 0.0541 e. The van der Waals surface area contributed by atoms with Gasteiger partial charge in [-0.3, -0.25) is 0 Å². The Labute approximate surface area is 300 Å². The van der Waals surface area contributed by atoms with Crippen LogP contribution >= 0.6 is 0 Å². The highest BCUT2D eigenvalue weighted by Crippen LogP contribution is 2.49. The minimum absolute atomic E-state index is 1.21. The first-order chi connectivity index (χ1) is 25.8. The molecule has 11 aromatic rings. The predicted octanol–water partition coefficient (Wildman–Crippen LogP) is 13.5. The van der Waals surface area contributed by atoms with Gasteiger partial charge in [-0.15, -0.1) is 0 Å². The van der Waals surface area contributed by atoms with Crippen LogP contribution in [0.4, 0.5) is 0 Å². The van der Waals surface area contributed by atoms with E-state index in [1.807, 2.05) is 0 Å². The zero-order valence-corrected chi connectivity index (χ0v) is 28.2. The Hall–Kier alpha value is -6.90. The van der Waals surface area contributed by atoms with Crippen LogP contribution in [-0.4, -0.2) is 9.13 Å². The second-order valence-corrected chi connectivity index (χ2v) is 14.1. The molecule has 0 bridgehead atoms. The van der Waals surface area contributed by atoms with Crippen LogP contribution in [-0.2, 0) is 0 Å². The zero-order chi connectivity index (χ0) is 33.9. The maximum Gasteiger partial charge on any atom is 0.0541 e. The molecule has 0 fully saturated rings. The Kier molecular flexibility index (Phi) is 5.53. The largest absolute Gasteiger partial charge is 0.309 e. The number of aromatic nitrogens is 2. The molecule has 0 unspecified atom stereocenters. The topological polar surface area (TPSA) is 9.86 Å². The van der Waals surface area contributed by atoms with Gasteiger partial charge in [-0.25, -0.2) is 0 Å². The van der Waals surface area contributed by atoms with Crippen LogP contribution in [0.25, 0.3) is 110 Å². The molecule has 0 amide bonds. The van der Waals surface area contributed by atoms with Crippen molar-refractivity contribution in [2.75, 3.05) is 0 Å². The fourth-order valence-electron chi connectivity index (χ4n) is 9.22. The molecule has 0 saturated heterocycles. The molecule has 0 aliphatic heterocycles. The zero-order valence-electron chi connectivity index (χ0n) is 28.2. The summed E-state index contributed by atoms with van der Waals surface area (Å²) in [5.74, 6) is 0. The van der Waals surface area contributed by atoms with Crippen molar-refractivity contribution in [3.63, 3.8) is 0 Å². The van der Waals surface area contributed by atoms with Crippen LogP contribution in [0, 0.1) is 0 Å². The summed E-state index contributed by atoms with van der Waals surface area (Å²) in [6, 6.07) is 67.2. The average Bonchev–Trinajstić information content (AvgIpc) is 3.84. The molecule has 0 spiro atoms. The molecule has 52 heavy (non-hydrogen) atoms. The highest BCUT2D eigenvalue weighted by Gasteiger charge is 2.24. The van der Waals surface area contributed by atoms with Gasteiger partial charge in [0.05, 0.1) is 33.4 Å². The van der Waals surface area contributed by atoms with Gasteiger partial charge < -0.3 is 9.13 Å². The van der Waals surface area contributed by atoms with Crippen molar-refractivity contribution in [3.8, 4) is 44.8 Å². The summed E-state index contributed by atoms with van der Waals surface area (Å²) in [7, 11) is 0. The van der Waals surface area contributed by atoms with Crippen molar-refractivity contribution in [2.45, 2.75) is 0 Å². The van der Waals surface area contributed by atoms with Gasteiger partial charge in [0.1, 0.15) is 0 Å². The summed E-state index contributed by atoms with van der Waals surface area (Å²) in [6.45, 7) is 0. The van der Waals surface area contributed by atoms with Gasteiger partial charge in [-0.1, -0.05) is 133 Å². The number of nitrogens with zero attached hydrogens (tertiary/aromatic N) is 2. The summed E-state index contributed by atoms with van der Waals surface area (Å²) in [5, 5.41) is 10.2. The fourth-order valence-corrected chi connectivity index (χ4v) is 9.22. The molecule has 0 N–H and O–H groups in total. The number of fused-ring (bicyclic) bond motifs is 10. The Morgan fingerprint density at radius 1 is 0.269 bits per heavy atom. The molecule has 2 aromatic heterocycles. The van der Waals surface area contributed by atoms with E-state index in [9.17, 15) is 0 Å². The number of para-hydroxylation sites is 2. The third kappa shape index (κ3) is 3.68. The summed E-state index contributed by atoms with van der Waals surface area (Å²) >= 11 is 0. The number of hydrogen-bond donors (Lipinski definition) is 0. The maximum atomic E-state index is 2.47. The first-order valence-corrected chi connectivity index (χ1v) is 18.0. The molecule has 0 saturated carbocycles. The molecule has 0 radical (unpaired) electrons.